The molecule has 0 spiro atoms. The highest BCUT2D eigenvalue weighted by Gasteiger charge is 2.35. The average molecular weight is 505 g/mol. The maximum absolute atomic E-state index is 13.7. The highest BCUT2D eigenvalue weighted by Crippen LogP contribution is 2.19. The quantitative estimate of drug-likeness (QED) is 0.498. The number of hydrogen-bond donors (Lipinski definition) is 0. The van der Waals surface area contributed by atoms with E-state index in [2.05, 4.69) is 5.10 Å². The number of benzene rings is 2. The standard InChI is InChI=1S/C28H32N4O5/c1-28(2,3)37-27(35)32-17-11-10-16-31(32)26(34)24-25(33)23(36-20-22-14-8-5-9-15-22)19-30(29-24)18-21-12-6-4-7-13-21/h4-9,12-15,19H,10-11,16-18,20H2,1-3H3. The summed E-state index contributed by atoms with van der Waals surface area (Å²) < 4.78 is 12.9. The third-order valence-electron chi connectivity index (χ3n) is 5.68. The Kier molecular flexibility index (Phi) is 7.91. The molecule has 4 rings (SSSR count). The van der Waals surface area contributed by atoms with E-state index >= 15 is 0 Å². The van der Waals surface area contributed by atoms with Crippen molar-refractivity contribution in [1.29, 1.82) is 0 Å². The molecule has 1 aromatic heterocycles. The van der Waals surface area contributed by atoms with Gasteiger partial charge in [0, 0.05) is 13.1 Å². The second-order valence-electron chi connectivity index (χ2n) is 9.87. The van der Waals surface area contributed by atoms with Gasteiger partial charge < -0.3 is 9.47 Å². The lowest BCUT2D eigenvalue weighted by Gasteiger charge is -2.38. The second-order valence-corrected chi connectivity index (χ2v) is 9.87. The molecule has 0 bridgehead atoms. The zero-order valence-corrected chi connectivity index (χ0v) is 21.4. The molecule has 0 unspecified atom stereocenters. The molecule has 37 heavy (non-hydrogen) atoms. The van der Waals surface area contributed by atoms with Gasteiger partial charge in [0.15, 0.2) is 5.75 Å². The van der Waals surface area contributed by atoms with Gasteiger partial charge in [0.05, 0.1) is 12.7 Å². The van der Waals surface area contributed by atoms with Crippen molar-refractivity contribution >= 4 is 12.0 Å². The summed E-state index contributed by atoms with van der Waals surface area (Å²) >= 11 is 0. The second kappa shape index (κ2) is 11.3. The number of ether oxygens (including phenoxy) is 2. The Morgan fingerprint density at radius 3 is 2.11 bits per heavy atom. The van der Waals surface area contributed by atoms with Crippen LogP contribution in [-0.2, 0) is 17.9 Å². The summed E-state index contributed by atoms with van der Waals surface area (Å²) in [6.45, 7) is 6.36. The van der Waals surface area contributed by atoms with E-state index in [4.69, 9.17) is 9.47 Å². The van der Waals surface area contributed by atoms with Gasteiger partial charge in [-0.1, -0.05) is 60.7 Å². The summed E-state index contributed by atoms with van der Waals surface area (Å²) in [7, 11) is 0. The van der Waals surface area contributed by atoms with Gasteiger partial charge in [0.25, 0.3) is 11.3 Å². The molecule has 0 saturated carbocycles. The van der Waals surface area contributed by atoms with Crippen molar-refractivity contribution in [3.8, 4) is 5.75 Å². The molecule has 0 aliphatic carbocycles. The van der Waals surface area contributed by atoms with Crippen LogP contribution in [0.25, 0.3) is 0 Å². The monoisotopic (exact) mass is 504 g/mol. The fraction of sp³-hybridized carbons (Fsp3) is 0.357. The van der Waals surface area contributed by atoms with E-state index in [9.17, 15) is 14.4 Å². The maximum Gasteiger partial charge on any atom is 0.429 e. The Balaban J connectivity index is 1.67. The zero-order valence-electron chi connectivity index (χ0n) is 21.4. The first kappa shape index (κ1) is 25.9. The number of carbonyl (C=O) groups excluding carboxylic acids is 2. The first-order valence-corrected chi connectivity index (χ1v) is 12.4. The molecule has 9 heteroatoms. The molecule has 3 aromatic rings. The van der Waals surface area contributed by atoms with E-state index in [1.54, 1.807) is 20.8 Å². The predicted octanol–water partition coefficient (Wildman–Crippen LogP) is 4.26. The highest BCUT2D eigenvalue weighted by atomic mass is 16.6. The number of rotatable bonds is 6. The number of hydrogen-bond acceptors (Lipinski definition) is 6. The van der Waals surface area contributed by atoms with Gasteiger partial charge >= 0.3 is 6.09 Å². The lowest BCUT2D eigenvalue weighted by molar-refractivity contribution is -0.0508. The lowest BCUT2D eigenvalue weighted by Crippen LogP contribution is -2.55. The van der Waals surface area contributed by atoms with Crippen LogP contribution >= 0.6 is 0 Å². The summed E-state index contributed by atoms with van der Waals surface area (Å²) in [6, 6.07) is 19.0. The molecule has 2 amide bonds. The van der Waals surface area contributed by atoms with Crippen LogP contribution in [0.5, 0.6) is 5.75 Å². The maximum atomic E-state index is 13.7. The molecule has 0 radical (unpaired) electrons. The first-order valence-electron chi connectivity index (χ1n) is 12.4. The molecule has 9 nitrogen and oxygen atoms in total. The molecule has 1 aliphatic heterocycles. The average Bonchev–Trinajstić information content (AvgIpc) is 2.88. The molecule has 194 valence electrons. The number of carbonyl (C=O) groups is 2. The summed E-state index contributed by atoms with van der Waals surface area (Å²) in [4.78, 5) is 39.9. The summed E-state index contributed by atoms with van der Waals surface area (Å²) in [5.74, 6) is -0.651. The smallest absolute Gasteiger partial charge is 0.429 e. The van der Waals surface area contributed by atoms with Crippen molar-refractivity contribution < 1.29 is 19.1 Å². The van der Waals surface area contributed by atoms with E-state index in [-0.39, 0.29) is 24.6 Å². The molecule has 0 N–H and O–H groups in total. The van der Waals surface area contributed by atoms with E-state index < -0.39 is 23.0 Å². The van der Waals surface area contributed by atoms with Crippen LogP contribution in [0.4, 0.5) is 4.79 Å². The largest absolute Gasteiger partial charge is 0.483 e. The zero-order chi connectivity index (χ0) is 26.4. The van der Waals surface area contributed by atoms with Gasteiger partial charge in [0.1, 0.15) is 12.2 Å². The minimum absolute atomic E-state index is 0.0129. The van der Waals surface area contributed by atoms with Gasteiger partial charge in [-0.2, -0.15) is 5.10 Å². The van der Waals surface area contributed by atoms with Crippen LogP contribution in [0.1, 0.15) is 55.2 Å². The van der Waals surface area contributed by atoms with Gasteiger partial charge in [-0.15, -0.1) is 0 Å². The van der Waals surface area contributed by atoms with E-state index in [1.807, 2.05) is 60.7 Å². The molecular weight excluding hydrogens is 472 g/mol. The third-order valence-corrected chi connectivity index (χ3v) is 5.68. The van der Waals surface area contributed by atoms with Crippen molar-refractivity contribution in [3.63, 3.8) is 0 Å². The Hall–Kier alpha value is -4.14. The summed E-state index contributed by atoms with van der Waals surface area (Å²) in [5, 5.41) is 6.90. The number of amides is 2. The van der Waals surface area contributed by atoms with Crippen LogP contribution in [0.2, 0.25) is 0 Å². The van der Waals surface area contributed by atoms with Crippen molar-refractivity contribution in [2.24, 2.45) is 0 Å². The molecule has 1 fully saturated rings. The van der Waals surface area contributed by atoms with Crippen molar-refractivity contribution in [2.75, 3.05) is 13.1 Å². The van der Waals surface area contributed by atoms with Crippen LogP contribution in [-0.4, -0.2) is 50.5 Å². The number of hydrazine groups is 1. The topological polar surface area (TPSA) is 94.0 Å². The van der Waals surface area contributed by atoms with E-state index in [0.717, 1.165) is 17.5 Å². The van der Waals surface area contributed by atoms with E-state index in [0.29, 0.717) is 19.5 Å². The first-order chi connectivity index (χ1) is 17.7. The van der Waals surface area contributed by atoms with Crippen LogP contribution in [0.15, 0.2) is 71.7 Å². The van der Waals surface area contributed by atoms with Crippen LogP contribution in [0, 0.1) is 0 Å². The van der Waals surface area contributed by atoms with Crippen LogP contribution < -0.4 is 10.2 Å². The van der Waals surface area contributed by atoms with Gasteiger partial charge in [-0.3, -0.25) is 14.3 Å². The van der Waals surface area contributed by atoms with Crippen molar-refractivity contribution in [1.82, 2.24) is 19.8 Å². The Labute approximate surface area is 216 Å². The summed E-state index contributed by atoms with van der Waals surface area (Å²) in [6.07, 6.45) is 2.28. The highest BCUT2D eigenvalue weighted by molar-refractivity contribution is 5.93. The van der Waals surface area contributed by atoms with Crippen molar-refractivity contribution in [2.45, 2.75) is 52.4 Å². The normalized spacial score (nSPS) is 13.8. The number of nitrogens with zero attached hydrogens (tertiary/aromatic N) is 4. The Morgan fingerprint density at radius 2 is 1.49 bits per heavy atom. The molecule has 1 aliphatic rings. The fourth-order valence-electron chi connectivity index (χ4n) is 3.95. The minimum atomic E-state index is -0.727. The molecule has 2 heterocycles. The van der Waals surface area contributed by atoms with Crippen LogP contribution in [0.3, 0.4) is 0 Å². The van der Waals surface area contributed by atoms with Gasteiger partial charge in [0.2, 0.25) is 5.69 Å². The van der Waals surface area contributed by atoms with Gasteiger partial charge in [-0.05, 0) is 44.7 Å². The van der Waals surface area contributed by atoms with Crippen molar-refractivity contribution in [3.05, 3.63) is 93.9 Å². The fourth-order valence-corrected chi connectivity index (χ4v) is 3.95. The molecule has 0 atom stereocenters. The van der Waals surface area contributed by atoms with Gasteiger partial charge in [-0.25, -0.2) is 14.8 Å². The lowest BCUT2D eigenvalue weighted by atomic mass is 10.2. The summed E-state index contributed by atoms with van der Waals surface area (Å²) in [5.41, 5.74) is 0.166. The Bertz CT molecular complexity index is 1290. The molecule has 1 saturated heterocycles. The minimum Gasteiger partial charge on any atom is -0.483 e. The predicted molar refractivity (Wildman–Crippen MR) is 138 cm³/mol. The van der Waals surface area contributed by atoms with E-state index in [1.165, 1.54) is 20.9 Å². The Morgan fingerprint density at radius 1 is 0.892 bits per heavy atom. The number of aromatic nitrogens is 2. The SMILES string of the molecule is CC(C)(C)OC(=O)N1CCCCN1C(=O)c1nn(Cc2ccccc2)cc(OCc2ccccc2)c1=O. The molecular formula is C28H32N4O5. The third kappa shape index (κ3) is 6.75. The molecule has 2 aromatic carbocycles.